The van der Waals surface area contributed by atoms with Crippen LogP contribution in [0.4, 0.5) is 10.1 Å². The largest absolute Gasteiger partial charge is 0.493 e. The average Bonchev–Trinajstić information content (AvgIpc) is 2.63. The number of rotatable bonds is 6. The molecule has 0 atom stereocenters. The molecule has 0 fully saturated rings. The lowest BCUT2D eigenvalue weighted by Gasteiger charge is -2.16. The van der Waals surface area contributed by atoms with Gasteiger partial charge in [-0.3, -0.25) is 4.72 Å². The summed E-state index contributed by atoms with van der Waals surface area (Å²) in [5.74, 6) is 0.614. The number of anilines is 1. The van der Waals surface area contributed by atoms with E-state index < -0.39 is 15.8 Å². The highest BCUT2D eigenvalue weighted by atomic mass is 35.5. The molecule has 3 rings (SSSR count). The van der Waals surface area contributed by atoms with E-state index in [1.807, 2.05) is 0 Å². The molecule has 0 aliphatic carbocycles. The number of aryl methyl sites for hydroxylation is 1. The summed E-state index contributed by atoms with van der Waals surface area (Å²) in [4.78, 5) is -0.0443. The first-order chi connectivity index (χ1) is 13.3. The Morgan fingerprint density at radius 1 is 0.964 bits per heavy atom. The highest BCUT2D eigenvalue weighted by Crippen LogP contribution is 2.37. The standard InChI is InChI=1S/C20H17ClFNO4S/c1-13-11-15(22)8-10-20(13)28(24,25)23-16-12-14(21)7-9-17(16)27-19-6-4-3-5-18(19)26-2/h3-12,23H,1-2H3. The Morgan fingerprint density at radius 3 is 2.36 bits per heavy atom. The zero-order valence-electron chi connectivity index (χ0n) is 15.1. The molecule has 5 nitrogen and oxygen atoms in total. The van der Waals surface area contributed by atoms with Crippen molar-refractivity contribution in [2.75, 3.05) is 11.8 Å². The van der Waals surface area contributed by atoms with Crippen molar-refractivity contribution in [1.82, 2.24) is 0 Å². The van der Waals surface area contributed by atoms with Gasteiger partial charge in [0.2, 0.25) is 0 Å². The van der Waals surface area contributed by atoms with E-state index in [2.05, 4.69) is 4.72 Å². The number of methoxy groups -OCH3 is 1. The van der Waals surface area contributed by atoms with Crippen molar-refractivity contribution in [3.63, 3.8) is 0 Å². The minimum atomic E-state index is -3.99. The van der Waals surface area contributed by atoms with E-state index in [0.29, 0.717) is 16.5 Å². The van der Waals surface area contributed by atoms with Gasteiger partial charge in [0.25, 0.3) is 10.0 Å². The summed E-state index contributed by atoms with van der Waals surface area (Å²) in [6, 6.07) is 15.0. The number of nitrogens with one attached hydrogen (secondary N) is 1. The van der Waals surface area contributed by atoms with Gasteiger partial charge in [-0.05, 0) is 61.0 Å². The zero-order valence-corrected chi connectivity index (χ0v) is 16.6. The molecule has 0 aromatic heterocycles. The smallest absolute Gasteiger partial charge is 0.262 e. The predicted molar refractivity (Wildman–Crippen MR) is 106 cm³/mol. The van der Waals surface area contributed by atoms with Gasteiger partial charge in [0.15, 0.2) is 17.2 Å². The highest BCUT2D eigenvalue weighted by Gasteiger charge is 2.20. The molecule has 0 amide bonds. The van der Waals surface area contributed by atoms with Crippen LogP contribution in [0.25, 0.3) is 0 Å². The molecule has 146 valence electrons. The fourth-order valence-electron chi connectivity index (χ4n) is 2.61. The fraction of sp³-hybridized carbons (Fsp3) is 0.100. The first kappa shape index (κ1) is 20.0. The van der Waals surface area contributed by atoms with Crippen LogP contribution in [0.1, 0.15) is 5.56 Å². The third kappa shape index (κ3) is 4.37. The Bertz CT molecular complexity index is 1120. The second kappa shape index (κ2) is 8.08. The number of benzene rings is 3. The molecule has 0 saturated heterocycles. The van der Waals surface area contributed by atoms with Crippen molar-refractivity contribution in [2.45, 2.75) is 11.8 Å². The van der Waals surface area contributed by atoms with Crippen molar-refractivity contribution in [3.05, 3.63) is 77.1 Å². The minimum absolute atomic E-state index is 0.0443. The van der Waals surface area contributed by atoms with Gasteiger partial charge < -0.3 is 9.47 Å². The quantitative estimate of drug-likeness (QED) is 0.579. The van der Waals surface area contributed by atoms with E-state index in [0.717, 1.165) is 12.1 Å². The molecular weight excluding hydrogens is 405 g/mol. The summed E-state index contributed by atoms with van der Waals surface area (Å²) in [6.45, 7) is 1.52. The lowest BCUT2D eigenvalue weighted by Crippen LogP contribution is -2.15. The van der Waals surface area contributed by atoms with Crippen molar-refractivity contribution in [3.8, 4) is 17.2 Å². The van der Waals surface area contributed by atoms with Gasteiger partial charge in [0.1, 0.15) is 5.82 Å². The van der Waals surface area contributed by atoms with Crippen LogP contribution in [0, 0.1) is 12.7 Å². The maximum absolute atomic E-state index is 13.3. The van der Waals surface area contributed by atoms with E-state index in [-0.39, 0.29) is 21.9 Å². The van der Waals surface area contributed by atoms with Crippen LogP contribution in [0.5, 0.6) is 17.2 Å². The van der Waals surface area contributed by atoms with Crippen molar-refractivity contribution >= 4 is 27.3 Å². The van der Waals surface area contributed by atoms with Crippen LogP contribution >= 0.6 is 11.6 Å². The van der Waals surface area contributed by atoms with Crippen LogP contribution < -0.4 is 14.2 Å². The van der Waals surface area contributed by atoms with E-state index >= 15 is 0 Å². The average molecular weight is 422 g/mol. The topological polar surface area (TPSA) is 64.6 Å². The fourth-order valence-corrected chi connectivity index (χ4v) is 4.07. The maximum Gasteiger partial charge on any atom is 0.262 e. The highest BCUT2D eigenvalue weighted by molar-refractivity contribution is 7.92. The summed E-state index contributed by atoms with van der Waals surface area (Å²) in [5, 5.41) is 0.320. The van der Waals surface area contributed by atoms with Crippen LogP contribution in [0.2, 0.25) is 5.02 Å². The number of hydrogen-bond acceptors (Lipinski definition) is 4. The number of para-hydroxylation sites is 2. The van der Waals surface area contributed by atoms with Gasteiger partial charge in [0.05, 0.1) is 17.7 Å². The maximum atomic E-state index is 13.3. The minimum Gasteiger partial charge on any atom is -0.493 e. The van der Waals surface area contributed by atoms with Crippen molar-refractivity contribution in [1.29, 1.82) is 0 Å². The third-order valence-corrected chi connectivity index (χ3v) is 5.66. The van der Waals surface area contributed by atoms with Crippen LogP contribution in [0.3, 0.4) is 0 Å². The lowest BCUT2D eigenvalue weighted by molar-refractivity contribution is 0.379. The monoisotopic (exact) mass is 421 g/mol. The van der Waals surface area contributed by atoms with Gasteiger partial charge in [-0.15, -0.1) is 0 Å². The number of ether oxygens (including phenoxy) is 2. The molecule has 0 radical (unpaired) electrons. The Labute approximate surface area is 167 Å². The van der Waals surface area contributed by atoms with E-state index in [1.165, 1.54) is 26.2 Å². The number of hydrogen-bond donors (Lipinski definition) is 1. The van der Waals surface area contributed by atoms with Gasteiger partial charge >= 0.3 is 0 Å². The first-order valence-electron chi connectivity index (χ1n) is 8.19. The molecule has 0 unspecified atom stereocenters. The molecule has 0 spiro atoms. The molecule has 3 aromatic carbocycles. The summed E-state index contributed by atoms with van der Waals surface area (Å²) in [5.41, 5.74) is 0.420. The van der Waals surface area contributed by atoms with Crippen LogP contribution in [-0.4, -0.2) is 15.5 Å². The van der Waals surface area contributed by atoms with Gasteiger partial charge in [-0.25, -0.2) is 12.8 Å². The van der Waals surface area contributed by atoms with Crippen LogP contribution in [-0.2, 0) is 10.0 Å². The zero-order chi connectivity index (χ0) is 20.3. The van der Waals surface area contributed by atoms with Gasteiger partial charge in [-0.2, -0.15) is 0 Å². The van der Waals surface area contributed by atoms with Crippen molar-refractivity contribution < 1.29 is 22.3 Å². The van der Waals surface area contributed by atoms with Gasteiger partial charge in [0, 0.05) is 5.02 Å². The lowest BCUT2D eigenvalue weighted by atomic mass is 10.2. The molecule has 28 heavy (non-hydrogen) atoms. The second-order valence-electron chi connectivity index (χ2n) is 5.91. The van der Waals surface area contributed by atoms with E-state index in [1.54, 1.807) is 36.4 Å². The Morgan fingerprint density at radius 2 is 1.68 bits per heavy atom. The molecule has 8 heteroatoms. The van der Waals surface area contributed by atoms with Crippen LogP contribution in [0.15, 0.2) is 65.6 Å². The molecule has 0 aliphatic rings. The molecule has 0 aliphatic heterocycles. The summed E-state index contributed by atoms with van der Waals surface area (Å²) in [6.07, 6.45) is 0. The van der Waals surface area contributed by atoms with E-state index in [9.17, 15) is 12.8 Å². The molecular formula is C20H17ClFNO4S. The van der Waals surface area contributed by atoms with Crippen molar-refractivity contribution in [2.24, 2.45) is 0 Å². The van der Waals surface area contributed by atoms with Gasteiger partial charge in [-0.1, -0.05) is 23.7 Å². The van der Waals surface area contributed by atoms with E-state index in [4.69, 9.17) is 21.1 Å². The summed E-state index contributed by atoms with van der Waals surface area (Å²) >= 11 is 6.04. The number of halogens is 2. The molecule has 1 N–H and O–H groups in total. The normalized spacial score (nSPS) is 11.1. The predicted octanol–water partition coefficient (Wildman–Crippen LogP) is 5.39. The summed E-state index contributed by atoms with van der Waals surface area (Å²) < 4.78 is 52.5. The Balaban J connectivity index is 1.99. The second-order valence-corrected chi connectivity index (χ2v) is 8.00. The molecule has 0 bridgehead atoms. The number of sulfonamides is 1. The Hall–Kier alpha value is -2.77. The SMILES string of the molecule is COc1ccccc1Oc1ccc(Cl)cc1NS(=O)(=O)c1ccc(F)cc1C. The third-order valence-electron chi connectivity index (χ3n) is 3.90. The Kier molecular flexibility index (Phi) is 5.76. The first-order valence-corrected chi connectivity index (χ1v) is 10.1. The molecule has 3 aromatic rings. The molecule has 0 heterocycles. The molecule has 0 saturated carbocycles. The summed E-state index contributed by atoms with van der Waals surface area (Å²) in [7, 11) is -2.49.